The lowest BCUT2D eigenvalue weighted by molar-refractivity contribution is -0.118. The molecule has 8 atom stereocenters. The molecule has 5 heterocycles. The second kappa shape index (κ2) is 33.6. The van der Waals surface area contributed by atoms with Crippen molar-refractivity contribution in [2.45, 2.75) is 158 Å². The van der Waals surface area contributed by atoms with E-state index in [9.17, 15) is 0 Å². The number of carbonyl (C=O) groups is 4. The van der Waals surface area contributed by atoms with E-state index in [1.165, 1.54) is 22.3 Å². The Bertz CT molecular complexity index is 6920. The van der Waals surface area contributed by atoms with Crippen molar-refractivity contribution in [1.29, 1.82) is 0 Å². The van der Waals surface area contributed by atoms with Gasteiger partial charge in [-0.05, 0) is 340 Å². The van der Waals surface area contributed by atoms with Crippen LogP contribution in [0.15, 0.2) is 267 Å². The molecule has 3 aromatic heterocycles. The number of aromatic nitrogens is 4. The predicted octanol–water partition coefficient (Wildman–Crippen LogP) is 29.4. The van der Waals surface area contributed by atoms with Gasteiger partial charge in [0.15, 0.2) is 0 Å². The summed E-state index contributed by atoms with van der Waals surface area (Å²) in [6.45, 7) is 35.0. The lowest BCUT2D eigenvalue weighted by Gasteiger charge is -2.20. The summed E-state index contributed by atoms with van der Waals surface area (Å²) in [5.74, 6) is -2.06. The molecule has 4 aliphatic carbocycles. The number of aryl methyl sites for hydroxylation is 12. The van der Waals surface area contributed by atoms with Crippen molar-refractivity contribution in [3.05, 3.63) is 379 Å². The molecule has 12 aromatic carbocycles. The Labute approximate surface area is 797 Å². The van der Waals surface area contributed by atoms with Gasteiger partial charge in [0, 0.05) is 101 Å². The number of H-pyrrole nitrogens is 2. The third-order valence-corrected chi connectivity index (χ3v) is 30.7. The van der Waals surface area contributed by atoms with Crippen LogP contribution in [0.25, 0.3) is 135 Å². The molecule has 674 valence electrons. The van der Waals surface area contributed by atoms with Crippen LogP contribution in [0.4, 0.5) is 22.7 Å². The first-order chi connectivity index (χ1) is 65.4. The highest BCUT2D eigenvalue weighted by Gasteiger charge is 2.59. The van der Waals surface area contributed by atoms with Crippen molar-refractivity contribution in [2.24, 2.45) is 23.7 Å². The molecule has 15 aromatic rings. The molecule has 0 saturated heterocycles. The van der Waals surface area contributed by atoms with Crippen LogP contribution >= 0.6 is 0 Å². The molecule has 6 aliphatic rings. The van der Waals surface area contributed by atoms with Gasteiger partial charge in [0.2, 0.25) is 23.6 Å². The first-order valence-electron chi connectivity index (χ1n) is 47.9. The summed E-state index contributed by atoms with van der Waals surface area (Å²) in [6.07, 6.45) is 11.0. The Hall–Kier alpha value is -14.9. The van der Waals surface area contributed by atoms with Gasteiger partial charge in [-0.25, -0.2) is 9.97 Å². The number of aromatic amines is 2. The van der Waals surface area contributed by atoms with Crippen molar-refractivity contribution < 1.29 is 19.2 Å². The van der Waals surface area contributed by atoms with Gasteiger partial charge in [0.25, 0.3) is 0 Å². The fraction of sp³-hybridized carbons (Fsp3) is 0.226. The van der Waals surface area contributed by atoms with Crippen molar-refractivity contribution in [3.63, 3.8) is 0 Å². The van der Waals surface area contributed by atoms with Crippen molar-refractivity contribution >= 4 is 92.7 Å². The Morgan fingerprint density at radius 3 is 0.662 bits per heavy atom. The number of fused-ring (bicyclic) bond motifs is 8. The molecule has 136 heavy (non-hydrogen) atoms. The number of amides is 4. The Morgan fingerprint density at radius 1 is 0.243 bits per heavy atom. The zero-order chi connectivity index (χ0) is 94.4. The smallest absolute Gasteiger partial charge is 0.228 e. The summed E-state index contributed by atoms with van der Waals surface area (Å²) in [5, 5.41) is 14.3. The molecule has 4 saturated carbocycles. The van der Waals surface area contributed by atoms with Crippen LogP contribution in [0, 0.1) is 107 Å². The summed E-state index contributed by atoms with van der Waals surface area (Å²) in [5.41, 5.74) is 37.7. The van der Waals surface area contributed by atoms with Crippen molar-refractivity contribution in [2.75, 3.05) is 21.3 Å². The molecule has 6 N–H and O–H groups in total. The van der Waals surface area contributed by atoms with E-state index >= 15 is 19.2 Å². The average Bonchev–Trinajstić information content (AvgIpc) is 1.58. The third kappa shape index (κ3) is 15.7. The van der Waals surface area contributed by atoms with Crippen LogP contribution in [0.2, 0.25) is 0 Å². The second-order valence-electron chi connectivity index (χ2n) is 40.8. The fourth-order valence-corrected chi connectivity index (χ4v) is 23.5. The topological polar surface area (TPSA) is 174 Å². The Balaban J connectivity index is 0.895. The van der Waals surface area contributed by atoms with Gasteiger partial charge in [-0.1, -0.05) is 232 Å². The maximum atomic E-state index is 15.8. The zero-order valence-corrected chi connectivity index (χ0v) is 80.4. The second-order valence-corrected chi connectivity index (χ2v) is 40.8. The Morgan fingerprint density at radius 2 is 0.441 bits per heavy atom. The number of carbonyl (C=O) groups excluding carboxylic acids is 4. The zero-order valence-electron chi connectivity index (χ0n) is 80.4. The molecule has 21 rings (SSSR count). The average molecular weight is 1780 g/mol. The van der Waals surface area contributed by atoms with Gasteiger partial charge in [0.1, 0.15) is 0 Å². The third-order valence-electron chi connectivity index (χ3n) is 30.7. The monoisotopic (exact) mass is 1780 g/mol. The van der Waals surface area contributed by atoms with Crippen LogP contribution < -0.4 is 21.3 Å². The molecule has 8 bridgehead atoms. The number of nitrogens with zero attached hydrogens (tertiary/aromatic N) is 2. The minimum atomic E-state index is -0.434. The first-order valence-corrected chi connectivity index (χ1v) is 47.9. The van der Waals surface area contributed by atoms with E-state index in [1.54, 1.807) is 0 Å². The number of hydrogen-bond donors (Lipinski definition) is 6. The van der Waals surface area contributed by atoms with Gasteiger partial charge < -0.3 is 31.2 Å². The summed E-state index contributed by atoms with van der Waals surface area (Å²) in [7, 11) is 0. The van der Waals surface area contributed by atoms with Gasteiger partial charge >= 0.3 is 0 Å². The molecule has 0 unspecified atom stereocenters. The van der Waals surface area contributed by atoms with E-state index in [0.717, 1.165) is 134 Å². The summed E-state index contributed by atoms with van der Waals surface area (Å²) < 4.78 is 0. The molecule has 4 fully saturated rings. The maximum absolute atomic E-state index is 15.8. The summed E-state index contributed by atoms with van der Waals surface area (Å²) >= 11 is 0. The number of benzene rings is 12. The van der Waals surface area contributed by atoms with Gasteiger partial charge in [-0.3, -0.25) is 19.2 Å². The fourth-order valence-electron chi connectivity index (χ4n) is 23.5. The molecule has 12 nitrogen and oxygen atoms in total. The van der Waals surface area contributed by atoms with Crippen LogP contribution in [0.1, 0.15) is 165 Å². The van der Waals surface area contributed by atoms with Gasteiger partial charge in [-0.2, -0.15) is 0 Å². The van der Waals surface area contributed by atoms with E-state index in [0.29, 0.717) is 116 Å². The molecule has 0 spiro atoms. The highest BCUT2D eigenvalue weighted by Crippen LogP contribution is 2.60. The van der Waals surface area contributed by atoms with Crippen LogP contribution in [-0.4, -0.2) is 43.6 Å². The van der Waals surface area contributed by atoms with Gasteiger partial charge in [-0.15, -0.1) is 0 Å². The number of rotatable bonds is 20. The Kier molecular flexibility index (Phi) is 21.7. The molecule has 4 amide bonds. The van der Waals surface area contributed by atoms with Crippen molar-refractivity contribution in [1.82, 2.24) is 19.9 Å². The number of nitrogens with one attached hydrogen (secondary N) is 6. The normalized spacial score (nSPS) is 19.8. The largest absolute Gasteiger partial charge is 0.354 e. The summed E-state index contributed by atoms with van der Waals surface area (Å²) in [4.78, 5) is 83.9. The van der Waals surface area contributed by atoms with Crippen molar-refractivity contribution in [3.8, 4) is 89.0 Å². The predicted molar refractivity (Wildman–Crippen MR) is 561 cm³/mol. The highest BCUT2D eigenvalue weighted by molar-refractivity contribution is 6.13. The van der Waals surface area contributed by atoms with E-state index in [1.807, 2.05) is 109 Å². The minimum absolute atomic E-state index is 0.139. The van der Waals surface area contributed by atoms with Crippen LogP contribution in [-0.2, 0) is 40.8 Å². The minimum Gasteiger partial charge on any atom is -0.354 e. The van der Waals surface area contributed by atoms with E-state index in [4.69, 9.17) is 9.97 Å². The van der Waals surface area contributed by atoms with Crippen LogP contribution in [0.3, 0.4) is 0 Å². The number of hydrogen-bond acceptors (Lipinski definition) is 6. The SMILES string of the molecule is Cc1cc(C)c(-c2cc(-c3c(C)cc(C)cc3C)cc(-c3c4nc(c(-c5c(NC(=O)[C@@H]6C[C@@]6(C)c6ccccc6)cccc5NC(=O)[C@@H]5C[C@@]5(C)c5ccccc5)c5ccc([nH]5)c(-c5cc(-c6c(C)cc(C)cc6C)cc(-c6c(C)cc(C)cc6C)c5)c5nc(c(-c6c(NC(=O)[C@@H]7C[C@@]7(C)c7ccccc7)cccc6NC(=O)[C@@H]6C[C@@]6(C)c6ccccc6)c6ccc3[nH]6)C=C5)C=C4)c2)c(C)c1. The van der Waals surface area contributed by atoms with Gasteiger partial charge in [0.05, 0.1) is 45.5 Å². The van der Waals surface area contributed by atoms with E-state index < -0.39 is 21.7 Å². The number of anilines is 4. The molecule has 0 radical (unpaired) electrons. The summed E-state index contributed by atoms with van der Waals surface area (Å²) in [6, 6.07) is 93.6. The standard InChI is InChI=1S/C124H114N8O4/c1-69-51-73(5)107(74(6)52-69)81-59-82(108-75(7)53-70(2)54-76(108)8)62-85(61-81)111-99-43-47-103(125-99)115(113-95(129-117(133)91-65-121(91,13)87-31-21-17-22-32-87)39-29-40-96(113)130-118(134)92-66-122(92,14)88-33-23-18-24-34-88)105-49-45-101(127-105)112(86-63-83(109-77(9)55-71(3)56-78(109)10)60-84(64-86)110-79(11)57-72(4)58-80(110)12)102-46-50-106(128-102)116(104-48-44-100(111)126-104)114-97(131-119(135)93-67-123(93,15)89-35-25-19-26-36-89)41-30-42-98(114)132-120(136)94-68-124(94,16)90-37-27-20-28-38-90/h17-64,91-94,125,128H,65-68H2,1-16H3,(H,129,133)(H,130,134)(H,131,135)(H,132,136)/t91-,92-,93-,94-,121-,122-,123-,124-/m0/s1. The quantitative estimate of drug-likeness (QED) is 0.0443. The van der Waals surface area contributed by atoms with Crippen LogP contribution in [0.5, 0.6) is 0 Å². The lowest BCUT2D eigenvalue weighted by atomic mass is 9.86. The van der Waals surface area contributed by atoms with E-state index in [-0.39, 0.29) is 47.3 Å². The molecular formula is C124H114N8O4. The van der Waals surface area contributed by atoms with E-state index in [2.05, 4.69) is 324 Å². The lowest BCUT2D eigenvalue weighted by Crippen LogP contribution is -2.22. The maximum Gasteiger partial charge on any atom is 0.228 e. The molecule has 12 heteroatoms. The molecular weight excluding hydrogens is 1670 g/mol. The molecule has 2 aliphatic heterocycles. The first kappa shape index (κ1) is 87.8. The highest BCUT2D eigenvalue weighted by atomic mass is 16.2.